The average Bonchev–Trinajstić information content (AvgIpc) is 3.24. The molecule has 1 aromatic carbocycles. The minimum Gasteiger partial charge on any atom is -0.378 e. The molecule has 5 heteroatoms. The molecule has 4 nitrogen and oxygen atoms in total. The third-order valence-corrected chi connectivity index (χ3v) is 5.59. The predicted octanol–water partition coefficient (Wildman–Crippen LogP) is 2.90. The maximum Gasteiger partial charge on any atom is 0.253 e. The van der Waals surface area contributed by atoms with E-state index in [1.807, 2.05) is 0 Å². The molecule has 1 aliphatic heterocycles. The van der Waals surface area contributed by atoms with Gasteiger partial charge in [0.2, 0.25) is 0 Å². The van der Waals surface area contributed by atoms with E-state index in [1.165, 1.54) is 25.7 Å². The molecule has 0 spiro atoms. The maximum atomic E-state index is 12.3. The number of carbonyl (C=O) groups is 1. The minimum atomic E-state index is -1.13. The summed E-state index contributed by atoms with van der Waals surface area (Å²) in [5.74, 6) is -0.321. The van der Waals surface area contributed by atoms with Crippen LogP contribution in [0.15, 0.2) is 24.3 Å². The molecule has 2 fully saturated rings. The summed E-state index contributed by atoms with van der Waals surface area (Å²) in [6.45, 7) is 2.90. The molecule has 2 N–H and O–H groups in total. The quantitative estimate of drug-likeness (QED) is 0.869. The molecule has 126 valence electrons. The molecule has 0 unspecified atom stereocenters. The molecular weight excluding hydrogens is 312 g/mol. The molecule has 0 aromatic heterocycles. The van der Waals surface area contributed by atoms with Crippen molar-refractivity contribution in [2.24, 2.45) is 0 Å². The number of likely N-dealkylation sites (tertiary alicyclic amines) is 1. The van der Waals surface area contributed by atoms with Crippen LogP contribution >= 0.6 is 11.6 Å². The number of hydrogen-bond acceptors (Lipinski definition) is 3. The van der Waals surface area contributed by atoms with Gasteiger partial charge in [-0.2, -0.15) is 0 Å². The summed E-state index contributed by atoms with van der Waals surface area (Å²) < 4.78 is 0. The molecule has 1 aromatic rings. The van der Waals surface area contributed by atoms with E-state index in [0.29, 0.717) is 17.1 Å². The molecule has 3 rings (SSSR count). The Labute approximate surface area is 142 Å². The fourth-order valence-corrected chi connectivity index (χ4v) is 4.10. The zero-order chi connectivity index (χ0) is 16.3. The molecule has 1 saturated carbocycles. The first kappa shape index (κ1) is 16.7. The van der Waals surface area contributed by atoms with Crippen LogP contribution in [-0.2, 0) is 4.79 Å². The standard InChI is InChI=1S/C18H25ClN2O2/c19-15-7-5-14(6-8-15)16(22)17(23)20-13-18(9-1-2-10-18)21-11-3-4-12-21/h5-8,16,22H,1-4,9-13H2,(H,20,23)/t16-/m1/s1. The lowest BCUT2D eigenvalue weighted by molar-refractivity contribution is -0.130. The number of hydrogen-bond donors (Lipinski definition) is 2. The van der Waals surface area contributed by atoms with E-state index in [-0.39, 0.29) is 11.4 Å². The molecule has 0 bridgehead atoms. The summed E-state index contributed by atoms with van der Waals surface area (Å²) in [7, 11) is 0. The lowest BCUT2D eigenvalue weighted by Crippen LogP contribution is -2.53. The molecule has 1 heterocycles. The first-order chi connectivity index (χ1) is 11.1. The highest BCUT2D eigenvalue weighted by molar-refractivity contribution is 6.30. The molecule has 2 aliphatic rings. The van der Waals surface area contributed by atoms with E-state index >= 15 is 0 Å². The van der Waals surface area contributed by atoms with E-state index in [1.54, 1.807) is 24.3 Å². The van der Waals surface area contributed by atoms with Gasteiger partial charge in [-0.3, -0.25) is 9.69 Å². The summed E-state index contributed by atoms with van der Waals surface area (Å²) in [6, 6.07) is 6.77. The Kier molecular flexibility index (Phi) is 5.24. The number of aliphatic hydroxyl groups is 1. The fourth-order valence-electron chi connectivity index (χ4n) is 3.97. The summed E-state index contributed by atoms with van der Waals surface area (Å²) in [4.78, 5) is 14.9. The third kappa shape index (κ3) is 3.70. The number of aliphatic hydroxyl groups excluding tert-OH is 1. The maximum absolute atomic E-state index is 12.3. The molecule has 23 heavy (non-hydrogen) atoms. The van der Waals surface area contributed by atoms with Crippen LogP contribution in [0.4, 0.5) is 0 Å². The smallest absolute Gasteiger partial charge is 0.253 e. The van der Waals surface area contributed by atoms with Crippen LogP contribution in [0.3, 0.4) is 0 Å². The zero-order valence-corrected chi connectivity index (χ0v) is 14.2. The Morgan fingerprint density at radius 3 is 2.39 bits per heavy atom. The largest absolute Gasteiger partial charge is 0.378 e. The number of rotatable bonds is 5. The molecule has 1 aliphatic carbocycles. The number of halogens is 1. The Morgan fingerprint density at radius 1 is 1.17 bits per heavy atom. The van der Waals surface area contributed by atoms with Crippen LogP contribution in [0, 0.1) is 0 Å². The predicted molar refractivity (Wildman–Crippen MR) is 91.4 cm³/mol. The van der Waals surface area contributed by atoms with Gasteiger partial charge >= 0.3 is 0 Å². The van der Waals surface area contributed by atoms with Crippen LogP contribution in [0.2, 0.25) is 5.02 Å². The average molecular weight is 337 g/mol. The molecule has 0 radical (unpaired) electrons. The van der Waals surface area contributed by atoms with Crippen LogP contribution < -0.4 is 5.32 Å². The third-order valence-electron chi connectivity index (χ3n) is 5.34. The van der Waals surface area contributed by atoms with E-state index in [9.17, 15) is 9.90 Å². The van der Waals surface area contributed by atoms with Crippen molar-refractivity contribution in [1.82, 2.24) is 10.2 Å². The van der Waals surface area contributed by atoms with Crippen molar-refractivity contribution in [2.75, 3.05) is 19.6 Å². The van der Waals surface area contributed by atoms with E-state index < -0.39 is 6.10 Å². The van der Waals surface area contributed by atoms with E-state index in [0.717, 1.165) is 25.9 Å². The van der Waals surface area contributed by atoms with Gasteiger partial charge in [-0.25, -0.2) is 0 Å². The number of nitrogens with one attached hydrogen (secondary N) is 1. The Bertz CT molecular complexity index is 534. The van der Waals surface area contributed by atoms with Crippen molar-refractivity contribution >= 4 is 17.5 Å². The van der Waals surface area contributed by atoms with Crippen molar-refractivity contribution in [3.63, 3.8) is 0 Å². The van der Waals surface area contributed by atoms with E-state index in [4.69, 9.17) is 11.6 Å². The SMILES string of the molecule is O=C(NCC1(N2CCCC2)CCCC1)[C@H](O)c1ccc(Cl)cc1. The molecule has 1 atom stereocenters. The van der Waals surface area contributed by atoms with Crippen molar-refractivity contribution < 1.29 is 9.90 Å². The summed E-state index contributed by atoms with van der Waals surface area (Å²) in [5.41, 5.74) is 0.680. The van der Waals surface area contributed by atoms with Crippen LogP contribution in [0.25, 0.3) is 0 Å². The lowest BCUT2D eigenvalue weighted by Gasteiger charge is -2.39. The van der Waals surface area contributed by atoms with Crippen molar-refractivity contribution in [3.8, 4) is 0 Å². The number of nitrogens with zero attached hydrogens (tertiary/aromatic N) is 1. The fraction of sp³-hybridized carbons (Fsp3) is 0.611. The summed E-state index contributed by atoms with van der Waals surface area (Å²) in [5, 5.41) is 13.8. The molecular formula is C18H25ClN2O2. The van der Waals surface area contributed by atoms with Crippen LogP contribution in [0.5, 0.6) is 0 Å². The van der Waals surface area contributed by atoms with Gasteiger partial charge in [0.1, 0.15) is 0 Å². The first-order valence-corrected chi connectivity index (χ1v) is 8.95. The number of carbonyl (C=O) groups excluding carboxylic acids is 1. The van der Waals surface area contributed by atoms with Gasteiger partial charge in [0.25, 0.3) is 5.91 Å². The number of amides is 1. The highest BCUT2D eigenvalue weighted by Gasteiger charge is 2.40. The van der Waals surface area contributed by atoms with Crippen molar-refractivity contribution in [1.29, 1.82) is 0 Å². The Morgan fingerprint density at radius 2 is 1.78 bits per heavy atom. The monoisotopic (exact) mass is 336 g/mol. The highest BCUT2D eigenvalue weighted by Crippen LogP contribution is 2.37. The van der Waals surface area contributed by atoms with Gasteiger partial charge in [0, 0.05) is 17.1 Å². The second-order valence-electron chi connectivity index (χ2n) is 6.80. The topological polar surface area (TPSA) is 52.6 Å². The van der Waals surface area contributed by atoms with Gasteiger partial charge in [0.05, 0.1) is 0 Å². The van der Waals surface area contributed by atoms with Gasteiger partial charge in [-0.1, -0.05) is 36.6 Å². The van der Waals surface area contributed by atoms with Crippen molar-refractivity contribution in [3.05, 3.63) is 34.9 Å². The second-order valence-corrected chi connectivity index (χ2v) is 7.23. The van der Waals surface area contributed by atoms with Crippen LogP contribution in [0.1, 0.15) is 50.2 Å². The normalized spacial score (nSPS) is 22.2. The summed E-state index contributed by atoms with van der Waals surface area (Å²) >= 11 is 5.85. The zero-order valence-electron chi connectivity index (χ0n) is 13.4. The van der Waals surface area contributed by atoms with Crippen LogP contribution in [-0.4, -0.2) is 41.1 Å². The Balaban J connectivity index is 1.61. The Hall–Kier alpha value is -1.10. The van der Waals surface area contributed by atoms with Gasteiger partial charge in [0.15, 0.2) is 6.10 Å². The van der Waals surface area contributed by atoms with E-state index in [2.05, 4.69) is 10.2 Å². The lowest BCUT2D eigenvalue weighted by atomic mass is 9.95. The summed E-state index contributed by atoms with van der Waals surface area (Å²) in [6.07, 6.45) is 6.11. The highest BCUT2D eigenvalue weighted by atomic mass is 35.5. The second kappa shape index (κ2) is 7.20. The van der Waals surface area contributed by atoms with Gasteiger partial charge in [-0.15, -0.1) is 0 Å². The van der Waals surface area contributed by atoms with Crippen molar-refractivity contribution in [2.45, 2.75) is 50.2 Å². The molecule has 1 amide bonds. The minimum absolute atomic E-state index is 0.103. The first-order valence-electron chi connectivity index (χ1n) is 8.57. The van der Waals surface area contributed by atoms with Gasteiger partial charge in [-0.05, 0) is 56.5 Å². The number of benzene rings is 1. The van der Waals surface area contributed by atoms with Gasteiger partial charge < -0.3 is 10.4 Å². The molecule has 1 saturated heterocycles.